The number of nitrogens with one attached hydrogen (secondary N) is 1. The van der Waals surface area contributed by atoms with Crippen molar-refractivity contribution in [2.75, 3.05) is 18.2 Å². The van der Waals surface area contributed by atoms with Gasteiger partial charge in [0.1, 0.15) is 11.8 Å². The van der Waals surface area contributed by atoms with Crippen LogP contribution in [0.4, 0.5) is 11.4 Å². The quantitative estimate of drug-likeness (QED) is 0.853. The predicted octanol–water partition coefficient (Wildman–Crippen LogP) is 3.05. The van der Waals surface area contributed by atoms with Crippen LogP contribution in [-0.2, 0) is 0 Å². The summed E-state index contributed by atoms with van der Waals surface area (Å²) in [5.74, 6) is 0.0751. The fraction of sp³-hybridized carbons (Fsp3) is 0.0667. The number of rotatable bonds is 3. The molecule has 0 saturated heterocycles. The molecule has 5 nitrogen and oxygen atoms in total. The Morgan fingerprint density at radius 2 is 2.10 bits per heavy atom. The number of anilines is 2. The highest BCUT2D eigenvalue weighted by atomic mass is 35.5. The maximum absolute atomic E-state index is 12.2. The van der Waals surface area contributed by atoms with Gasteiger partial charge < -0.3 is 15.8 Å². The Morgan fingerprint density at radius 1 is 1.33 bits per heavy atom. The van der Waals surface area contributed by atoms with Crippen LogP contribution in [0.15, 0.2) is 36.4 Å². The average molecular weight is 302 g/mol. The van der Waals surface area contributed by atoms with Gasteiger partial charge in [0, 0.05) is 22.3 Å². The number of carbonyl (C=O) groups excluding carboxylic acids is 1. The first-order valence-electron chi connectivity index (χ1n) is 5.99. The molecule has 2 aromatic rings. The van der Waals surface area contributed by atoms with E-state index in [4.69, 9.17) is 27.3 Å². The summed E-state index contributed by atoms with van der Waals surface area (Å²) in [7, 11) is 1.49. The number of methoxy groups -OCH3 is 1. The van der Waals surface area contributed by atoms with Crippen molar-refractivity contribution in [3.8, 4) is 11.8 Å². The molecule has 0 aliphatic carbocycles. The largest absolute Gasteiger partial charge is 0.497 e. The fourth-order valence-electron chi connectivity index (χ4n) is 1.78. The number of halogens is 1. The molecule has 0 spiro atoms. The Bertz CT molecular complexity index is 738. The van der Waals surface area contributed by atoms with Crippen LogP contribution in [0, 0.1) is 11.3 Å². The van der Waals surface area contributed by atoms with Crippen molar-refractivity contribution in [3.63, 3.8) is 0 Å². The number of nitrogens with two attached hydrogens (primary N) is 1. The smallest absolute Gasteiger partial charge is 0.255 e. The molecule has 6 heteroatoms. The lowest BCUT2D eigenvalue weighted by Crippen LogP contribution is -2.13. The Morgan fingerprint density at radius 3 is 2.76 bits per heavy atom. The van der Waals surface area contributed by atoms with E-state index in [0.29, 0.717) is 33.3 Å². The molecule has 21 heavy (non-hydrogen) atoms. The van der Waals surface area contributed by atoms with Crippen LogP contribution in [0.2, 0.25) is 5.02 Å². The molecule has 0 aliphatic rings. The van der Waals surface area contributed by atoms with E-state index in [2.05, 4.69) is 5.32 Å². The zero-order chi connectivity index (χ0) is 15.4. The van der Waals surface area contributed by atoms with Crippen LogP contribution in [0.25, 0.3) is 0 Å². The zero-order valence-corrected chi connectivity index (χ0v) is 11.9. The lowest BCUT2D eigenvalue weighted by molar-refractivity contribution is 0.102. The molecular weight excluding hydrogens is 290 g/mol. The Balaban J connectivity index is 2.32. The molecule has 2 rings (SSSR count). The van der Waals surface area contributed by atoms with Crippen LogP contribution >= 0.6 is 11.6 Å². The van der Waals surface area contributed by atoms with Crippen LogP contribution in [-0.4, -0.2) is 13.0 Å². The average Bonchev–Trinajstić information content (AvgIpc) is 2.46. The summed E-state index contributed by atoms with van der Waals surface area (Å²) < 4.78 is 5.07. The van der Waals surface area contributed by atoms with Crippen molar-refractivity contribution in [3.05, 3.63) is 52.5 Å². The number of ether oxygens (including phenoxy) is 1. The van der Waals surface area contributed by atoms with Crippen molar-refractivity contribution in [2.45, 2.75) is 0 Å². The lowest BCUT2D eigenvalue weighted by Gasteiger charge is -2.09. The zero-order valence-electron chi connectivity index (χ0n) is 11.2. The highest BCUT2D eigenvalue weighted by Gasteiger charge is 2.11. The molecule has 0 heterocycles. The third-order valence-electron chi connectivity index (χ3n) is 2.78. The van der Waals surface area contributed by atoms with Crippen molar-refractivity contribution >= 4 is 28.9 Å². The molecule has 106 valence electrons. The maximum Gasteiger partial charge on any atom is 0.255 e. The lowest BCUT2D eigenvalue weighted by atomic mass is 10.1. The van der Waals surface area contributed by atoms with Gasteiger partial charge in [-0.3, -0.25) is 4.79 Å². The molecule has 2 aromatic carbocycles. The van der Waals surface area contributed by atoms with Crippen molar-refractivity contribution in [1.82, 2.24) is 0 Å². The molecule has 0 unspecified atom stereocenters. The van der Waals surface area contributed by atoms with E-state index >= 15 is 0 Å². The van der Waals surface area contributed by atoms with E-state index in [-0.39, 0.29) is 0 Å². The second-order valence-electron chi connectivity index (χ2n) is 4.25. The van der Waals surface area contributed by atoms with Gasteiger partial charge in [-0.1, -0.05) is 11.6 Å². The molecule has 0 atom stereocenters. The summed E-state index contributed by atoms with van der Waals surface area (Å²) in [5, 5.41) is 12.1. The van der Waals surface area contributed by atoms with Gasteiger partial charge >= 0.3 is 0 Å². The summed E-state index contributed by atoms with van der Waals surface area (Å²) in [5.41, 5.74) is 7.12. The molecule has 0 bridgehead atoms. The van der Waals surface area contributed by atoms with Crippen molar-refractivity contribution < 1.29 is 9.53 Å². The van der Waals surface area contributed by atoms with Gasteiger partial charge in [-0.2, -0.15) is 5.26 Å². The van der Waals surface area contributed by atoms with Gasteiger partial charge in [0.05, 0.1) is 18.4 Å². The minimum atomic E-state index is -0.403. The minimum Gasteiger partial charge on any atom is -0.497 e. The minimum absolute atomic E-state index is 0.323. The van der Waals surface area contributed by atoms with Gasteiger partial charge in [0.15, 0.2) is 0 Å². The van der Waals surface area contributed by atoms with Crippen LogP contribution < -0.4 is 15.8 Å². The van der Waals surface area contributed by atoms with Crippen molar-refractivity contribution in [1.29, 1.82) is 5.26 Å². The summed E-state index contributed by atoms with van der Waals surface area (Å²) in [4.78, 5) is 12.2. The monoisotopic (exact) mass is 301 g/mol. The molecule has 0 saturated carbocycles. The first-order valence-corrected chi connectivity index (χ1v) is 6.37. The number of nitrogens with zero attached hydrogens (tertiary/aromatic N) is 1. The molecule has 1 amide bonds. The van der Waals surface area contributed by atoms with Crippen LogP contribution in [0.1, 0.15) is 15.9 Å². The molecule has 0 fully saturated rings. The third-order valence-corrected chi connectivity index (χ3v) is 3.01. The SMILES string of the molecule is COc1cc(N)cc(C(=O)Nc2cc(Cl)ccc2C#N)c1. The number of nitrogen functional groups attached to an aromatic ring is 1. The van der Waals surface area contributed by atoms with E-state index in [0.717, 1.165) is 0 Å². The Labute approximate surface area is 126 Å². The topological polar surface area (TPSA) is 88.1 Å². The van der Waals surface area contributed by atoms with Crippen molar-refractivity contribution in [2.24, 2.45) is 0 Å². The van der Waals surface area contributed by atoms with Gasteiger partial charge in [-0.25, -0.2) is 0 Å². The van der Waals surface area contributed by atoms with E-state index in [9.17, 15) is 4.79 Å². The van der Waals surface area contributed by atoms with Crippen LogP contribution in [0.3, 0.4) is 0 Å². The van der Waals surface area contributed by atoms with E-state index in [1.54, 1.807) is 18.2 Å². The number of hydrogen-bond acceptors (Lipinski definition) is 4. The number of benzene rings is 2. The second-order valence-corrected chi connectivity index (χ2v) is 4.69. The van der Waals surface area contributed by atoms with Crippen LogP contribution in [0.5, 0.6) is 5.75 Å². The molecule has 3 N–H and O–H groups in total. The predicted molar refractivity (Wildman–Crippen MR) is 81.5 cm³/mol. The van der Waals surface area contributed by atoms with E-state index in [1.165, 1.54) is 25.3 Å². The molecule has 0 aliphatic heterocycles. The van der Waals surface area contributed by atoms with Gasteiger partial charge in [-0.05, 0) is 30.3 Å². The second kappa shape index (κ2) is 6.16. The van der Waals surface area contributed by atoms with E-state index in [1.807, 2.05) is 6.07 Å². The molecule has 0 aromatic heterocycles. The first kappa shape index (κ1) is 14.7. The first-order chi connectivity index (χ1) is 10.0. The summed E-state index contributed by atoms with van der Waals surface area (Å²) in [6.45, 7) is 0. The number of carbonyl (C=O) groups is 1. The summed E-state index contributed by atoms with van der Waals surface area (Å²) >= 11 is 5.88. The Kier molecular flexibility index (Phi) is 4.31. The fourth-order valence-corrected chi connectivity index (χ4v) is 1.96. The standard InChI is InChI=1S/C15H12ClN3O2/c1-21-13-5-10(4-12(18)7-13)15(20)19-14-6-11(16)3-2-9(14)8-17/h2-7H,18H2,1H3,(H,19,20). The number of nitriles is 1. The number of hydrogen-bond donors (Lipinski definition) is 2. The molecular formula is C15H12ClN3O2. The number of amides is 1. The summed E-state index contributed by atoms with van der Waals surface area (Å²) in [6.07, 6.45) is 0. The normalized spacial score (nSPS) is 9.76. The van der Waals surface area contributed by atoms with Gasteiger partial charge in [0.2, 0.25) is 0 Å². The van der Waals surface area contributed by atoms with Gasteiger partial charge in [0.25, 0.3) is 5.91 Å². The highest BCUT2D eigenvalue weighted by Crippen LogP contribution is 2.23. The molecule has 0 radical (unpaired) electrons. The summed E-state index contributed by atoms with van der Waals surface area (Å²) in [6, 6.07) is 11.3. The van der Waals surface area contributed by atoms with E-state index < -0.39 is 5.91 Å². The van der Waals surface area contributed by atoms with Gasteiger partial charge in [-0.15, -0.1) is 0 Å². The highest BCUT2D eigenvalue weighted by molar-refractivity contribution is 6.31. The maximum atomic E-state index is 12.2. The third kappa shape index (κ3) is 3.44. The Hall–Kier alpha value is -2.71.